The Morgan fingerprint density at radius 3 is 2.23 bits per heavy atom. The third kappa shape index (κ3) is 6.08. The fraction of sp³-hybridized carbons (Fsp3) is 0.368. The molecule has 1 rings (SSSR count). The third-order valence-corrected chi connectivity index (χ3v) is 3.26. The number of carbonyl (C=O) groups excluding carboxylic acids is 2. The maximum Gasteiger partial charge on any atom is 0.339 e. The molecule has 0 amide bonds. The summed E-state index contributed by atoms with van der Waals surface area (Å²) in [5.41, 5.74) is 3.22. The smallest absolute Gasteiger partial charge is 0.339 e. The average Bonchev–Trinajstić information content (AvgIpc) is 2.46. The SMILES string of the molecule is CC(=O)c1ccccc1C(=O)OCC=C(C)CCC=C(C)C. The van der Waals surface area contributed by atoms with Crippen LogP contribution in [0.2, 0.25) is 0 Å². The highest BCUT2D eigenvalue weighted by atomic mass is 16.5. The van der Waals surface area contributed by atoms with Crippen molar-refractivity contribution in [1.82, 2.24) is 0 Å². The first-order chi connectivity index (χ1) is 10.4. The summed E-state index contributed by atoms with van der Waals surface area (Å²) >= 11 is 0. The Labute approximate surface area is 132 Å². The van der Waals surface area contributed by atoms with Crippen LogP contribution in [-0.4, -0.2) is 18.4 Å². The Hall–Kier alpha value is -2.16. The Morgan fingerprint density at radius 1 is 1.00 bits per heavy atom. The van der Waals surface area contributed by atoms with E-state index in [1.165, 1.54) is 18.1 Å². The summed E-state index contributed by atoms with van der Waals surface area (Å²) in [7, 11) is 0. The Balaban J connectivity index is 2.56. The van der Waals surface area contributed by atoms with Crippen molar-refractivity contribution in [3.63, 3.8) is 0 Å². The molecule has 0 aromatic heterocycles. The lowest BCUT2D eigenvalue weighted by atomic mass is 10.0. The van der Waals surface area contributed by atoms with Gasteiger partial charge in [0.15, 0.2) is 5.78 Å². The van der Waals surface area contributed by atoms with Gasteiger partial charge in [-0.05, 0) is 52.7 Å². The zero-order valence-electron chi connectivity index (χ0n) is 13.8. The summed E-state index contributed by atoms with van der Waals surface area (Å²) < 4.78 is 5.23. The first-order valence-corrected chi connectivity index (χ1v) is 7.48. The van der Waals surface area contributed by atoms with Crippen molar-refractivity contribution in [3.8, 4) is 0 Å². The quantitative estimate of drug-likeness (QED) is 0.415. The summed E-state index contributed by atoms with van der Waals surface area (Å²) in [4.78, 5) is 23.5. The monoisotopic (exact) mass is 300 g/mol. The zero-order chi connectivity index (χ0) is 16.5. The number of allylic oxidation sites excluding steroid dienone is 3. The van der Waals surface area contributed by atoms with Crippen LogP contribution in [0.15, 0.2) is 47.6 Å². The maximum atomic E-state index is 12.0. The number of esters is 1. The van der Waals surface area contributed by atoms with Crippen LogP contribution >= 0.6 is 0 Å². The molecule has 1 aromatic carbocycles. The van der Waals surface area contributed by atoms with Crippen LogP contribution in [0.1, 0.15) is 61.3 Å². The molecule has 0 aliphatic carbocycles. The van der Waals surface area contributed by atoms with Crippen LogP contribution < -0.4 is 0 Å². The van der Waals surface area contributed by atoms with E-state index in [2.05, 4.69) is 19.9 Å². The molecule has 22 heavy (non-hydrogen) atoms. The lowest BCUT2D eigenvalue weighted by Gasteiger charge is -2.06. The van der Waals surface area contributed by atoms with Gasteiger partial charge < -0.3 is 4.74 Å². The molecule has 118 valence electrons. The van der Waals surface area contributed by atoms with Gasteiger partial charge in [0.1, 0.15) is 6.61 Å². The van der Waals surface area contributed by atoms with Crippen molar-refractivity contribution in [1.29, 1.82) is 0 Å². The number of Topliss-reactive ketones (excluding diaryl/α,β-unsaturated/α-hetero) is 1. The van der Waals surface area contributed by atoms with E-state index in [-0.39, 0.29) is 12.4 Å². The van der Waals surface area contributed by atoms with Crippen LogP contribution in [0.25, 0.3) is 0 Å². The van der Waals surface area contributed by atoms with Gasteiger partial charge in [-0.2, -0.15) is 0 Å². The number of benzene rings is 1. The normalized spacial score (nSPS) is 11.0. The van der Waals surface area contributed by atoms with Crippen LogP contribution in [0.5, 0.6) is 0 Å². The predicted molar refractivity (Wildman–Crippen MR) is 89.2 cm³/mol. The van der Waals surface area contributed by atoms with Crippen molar-refractivity contribution >= 4 is 11.8 Å². The summed E-state index contributed by atoms with van der Waals surface area (Å²) in [5, 5.41) is 0. The highest BCUT2D eigenvalue weighted by Crippen LogP contribution is 2.12. The van der Waals surface area contributed by atoms with Crippen molar-refractivity contribution in [3.05, 3.63) is 58.7 Å². The Kier molecular flexibility index (Phi) is 7.30. The first kappa shape index (κ1) is 17.9. The average molecular weight is 300 g/mol. The van der Waals surface area contributed by atoms with Gasteiger partial charge in [-0.3, -0.25) is 4.79 Å². The summed E-state index contributed by atoms with van der Waals surface area (Å²) in [6.45, 7) is 7.85. The van der Waals surface area contributed by atoms with Crippen molar-refractivity contribution in [2.45, 2.75) is 40.5 Å². The molecule has 0 spiro atoms. The van der Waals surface area contributed by atoms with Gasteiger partial charge in [0.2, 0.25) is 0 Å². The molecule has 0 N–H and O–H groups in total. The maximum absolute atomic E-state index is 12.0. The topological polar surface area (TPSA) is 43.4 Å². The molecule has 1 aromatic rings. The molecule has 0 bridgehead atoms. The van der Waals surface area contributed by atoms with Crippen LogP contribution in [0.4, 0.5) is 0 Å². The molecule has 0 unspecified atom stereocenters. The van der Waals surface area contributed by atoms with E-state index in [4.69, 9.17) is 4.74 Å². The molecular weight excluding hydrogens is 276 g/mol. The fourth-order valence-corrected chi connectivity index (χ4v) is 2.00. The summed E-state index contributed by atoms with van der Waals surface area (Å²) in [6, 6.07) is 6.72. The van der Waals surface area contributed by atoms with Gasteiger partial charge >= 0.3 is 5.97 Å². The number of rotatable bonds is 7. The van der Waals surface area contributed by atoms with Crippen molar-refractivity contribution < 1.29 is 14.3 Å². The van der Waals surface area contributed by atoms with Crippen LogP contribution in [-0.2, 0) is 4.74 Å². The van der Waals surface area contributed by atoms with E-state index in [0.717, 1.165) is 12.8 Å². The number of hydrogen-bond donors (Lipinski definition) is 0. The molecule has 3 nitrogen and oxygen atoms in total. The highest BCUT2D eigenvalue weighted by Gasteiger charge is 2.14. The molecule has 3 heteroatoms. The van der Waals surface area contributed by atoms with Crippen molar-refractivity contribution in [2.75, 3.05) is 6.61 Å². The second-order valence-corrected chi connectivity index (χ2v) is 5.57. The highest BCUT2D eigenvalue weighted by molar-refractivity contribution is 6.05. The van der Waals surface area contributed by atoms with E-state index < -0.39 is 5.97 Å². The third-order valence-electron chi connectivity index (χ3n) is 3.26. The number of ether oxygens (including phenoxy) is 1. The Morgan fingerprint density at radius 2 is 1.64 bits per heavy atom. The number of ketones is 1. The second-order valence-electron chi connectivity index (χ2n) is 5.57. The first-order valence-electron chi connectivity index (χ1n) is 7.48. The molecule has 0 heterocycles. The molecule has 0 fully saturated rings. The lowest BCUT2D eigenvalue weighted by molar-refractivity contribution is 0.0545. The molecule has 0 atom stereocenters. The summed E-state index contributed by atoms with van der Waals surface area (Å²) in [5.74, 6) is -0.597. The van der Waals surface area contributed by atoms with E-state index in [1.54, 1.807) is 24.3 Å². The largest absolute Gasteiger partial charge is 0.458 e. The van der Waals surface area contributed by atoms with Gasteiger partial charge in [0, 0.05) is 5.56 Å². The molecule has 0 aliphatic heterocycles. The molecular formula is C19H24O3. The van der Waals surface area contributed by atoms with Gasteiger partial charge in [-0.25, -0.2) is 4.79 Å². The lowest BCUT2D eigenvalue weighted by Crippen LogP contribution is -2.10. The summed E-state index contributed by atoms with van der Waals surface area (Å²) in [6.07, 6.45) is 6.04. The van der Waals surface area contributed by atoms with Gasteiger partial charge in [0.05, 0.1) is 5.56 Å². The number of carbonyl (C=O) groups is 2. The molecule has 0 saturated heterocycles. The standard InChI is InChI=1S/C19H24O3/c1-14(2)8-7-9-15(3)12-13-22-19(21)18-11-6-5-10-17(18)16(4)20/h5-6,8,10-12H,7,9,13H2,1-4H3. The molecule has 0 radical (unpaired) electrons. The van der Waals surface area contributed by atoms with E-state index in [1.807, 2.05) is 13.0 Å². The minimum atomic E-state index is -0.459. The van der Waals surface area contributed by atoms with E-state index in [0.29, 0.717) is 11.1 Å². The Bertz CT molecular complexity index is 590. The zero-order valence-corrected chi connectivity index (χ0v) is 13.8. The minimum Gasteiger partial charge on any atom is -0.458 e. The van der Waals surface area contributed by atoms with Gasteiger partial charge in [-0.1, -0.05) is 35.4 Å². The van der Waals surface area contributed by atoms with Crippen molar-refractivity contribution in [2.24, 2.45) is 0 Å². The van der Waals surface area contributed by atoms with Gasteiger partial charge in [-0.15, -0.1) is 0 Å². The second kappa shape index (κ2) is 8.98. The van der Waals surface area contributed by atoms with E-state index >= 15 is 0 Å². The molecule has 0 aliphatic rings. The predicted octanol–water partition coefficient (Wildman–Crippen LogP) is 4.74. The van der Waals surface area contributed by atoms with Crippen LogP contribution in [0.3, 0.4) is 0 Å². The molecule has 0 saturated carbocycles. The number of hydrogen-bond acceptors (Lipinski definition) is 3. The van der Waals surface area contributed by atoms with Crippen LogP contribution in [0, 0.1) is 0 Å². The van der Waals surface area contributed by atoms with E-state index in [9.17, 15) is 9.59 Å². The van der Waals surface area contributed by atoms with Gasteiger partial charge in [0.25, 0.3) is 0 Å². The fourth-order valence-electron chi connectivity index (χ4n) is 2.00. The minimum absolute atomic E-state index is 0.138.